The summed E-state index contributed by atoms with van der Waals surface area (Å²) in [4.78, 5) is 24.4. The Morgan fingerprint density at radius 1 is 1.14 bits per heavy atom. The van der Waals surface area contributed by atoms with E-state index >= 15 is 0 Å². The van der Waals surface area contributed by atoms with Crippen molar-refractivity contribution in [2.45, 2.75) is 71.9 Å². The maximum Gasteiger partial charge on any atom is 0.407 e. The lowest BCUT2D eigenvalue weighted by molar-refractivity contribution is -0.123. The van der Waals surface area contributed by atoms with Crippen LogP contribution in [-0.4, -0.2) is 36.3 Å². The first-order valence-electron chi connectivity index (χ1n) is 9.97. The Morgan fingerprint density at radius 3 is 2.43 bits per heavy atom. The monoisotopic (exact) mass is 390 g/mol. The first kappa shape index (κ1) is 22.1. The molecule has 0 aliphatic heterocycles. The molecule has 1 aromatic rings. The Morgan fingerprint density at radius 2 is 1.82 bits per heavy atom. The number of aryl methyl sites for hydroxylation is 1. The van der Waals surface area contributed by atoms with E-state index in [-0.39, 0.29) is 12.3 Å². The van der Waals surface area contributed by atoms with E-state index in [0.717, 1.165) is 29.7 Å². The van der Waals surface area contributed by atoms with Gasteiger partial charge in [0.15, 0.2) is 0 Å². The quantitative estimate of drug-likeness (QED) is 0.706. The van der Waals surface area contributed by atoms with E-state index in [9.17, 15) is 9.59 Å². The van der Waals surface area contributed by atoms with Crippen molar-refractivity contribution in [1.82, 2.24) is 10.6 Å². The molecule has 6 nitrogen and oxygen atoms in total. The van der Waals surface area contributed by atoms with Crippen molar-refractivity contribution >= 4 is 12.0 Å². The lowest BCUT2D eigenvalue weighted by Crippen LogP contribution is -2.55. The summed E-state index contributed by atoms with van der Waals surface area (Å²) in [5, 5.41) is 5.89. The molecule has 156 valence electrons. The first-order valence-corrected chi connectivity index (χ1v) is 9.97. The van der Waals surface area contributed by atoms with Crippen LogP contribution in [0.5, 0.6) is 5.75 Å². The molecule has 2 N–H and O–H groups in total. The van der Waals surface area contributed by atoms with Gasteiger partial charge in [0.2, 0.25) is 5.91 Å². The number of amides is 2. The lowest BCUT2D eigenvalue weighted by Gasteiger charge is -2.32. The largest absolute Gasteiger partial charge is 0.493 e. The minimum atomic E-state index is -0.547. The van der Waals surface area contributed by atoms with Crippen LogP contribution in [0.2, 0.25) is 0 Å². The van der Waals surface area contributed by atoms with E-state index < -0.39 is 17.2 Å². The topological polar surface area (TPSA) is 76.7 Å². The third-order valence-corrected chi connectivity index (χ3v) is 5.04. The molecule has 2 amide bonds. The summed E-state index contributed by atoms with van der Waals surface area (Å²) in [6, 6.07) is 5.90. The summed E-state index contributed by atoms with van der Waals surface area (Å²) in [5.41, 5.74) is 1.23. The SMILES string of the molecule is Cc1cccc(OCCC(=O)NC(C)(CNC(=O)OC(C)(C)C)C2CC2)c1C. The molecule has 1 aliphatic carbocycles. The summed E-state index contributed by atoms with van der Waals surface area (Å²) < 4.78 is 11.1. The van der Waals surface area contributed by atoms with Crippen molar-refractivity contribution in [2.24, 2.45) is 5.92 Å². The summed E-state index contributed by atoms with van der Waals surface area (Å²) in [7, 11) is 0. The number of carbonyl (C=O) groups excluding carboxylic acids is 2. The predicted molar refractivity (Wildman–Crippen MR) is 110 cm³/mol. The molecule has 0 saturated heterocycles. The average molecular weight is 391 g/mol. The van der Waals surface area contributed by atoms with E-state index in [2.05, 4.69) is 10.6 Å². The van der Waals surface area contributed by atoms with Crippen molar-refractivity contribution < 1.29 is 19.1 Å². The molecule has 0 aromatic heterocycles. The van der Waals surface area contributed by atoms with Crippen LogP contribution in [0.3, 0.4) is 0 Å². The van der Waals surface area contributed by atoms with Crippen LogP contribution in [0.4, 0.5) is 4.79 Å². The average Bonchev–Trinajstić information content (AvgIpc) is 3.41. The zero-order valence-electron chi connectivity index (χ0n) is 18.0. The molecule has 0 spiro atoms. The standard InChI is InChI=1S/C22H34N2O4/c1-15-8-7-9-18(16(15)2)27-13-12-19(25)24-22(6,17-10-11-17)14-23-20(26)28-21(3,4)5/h7-9,17H,10-14H2,1-6H3,(H,23,26)(H,24,25). The maximum absolute atomic E-state index is 12.5. The number of nitrogens with one attached hydrogen (secondary N) is 2. The van der Waals surface area contributed by atoms with Gasteiger partial charge in [0.1, 0.15) is 11.4 Å². The minimum Gasteiger partial charge on any atom is -0.493 e. The third-order valence-electron chi connectivity index (χ3n) is 5.04. The fourth-order valence-corrected chi connectivity index (χ4v) is 3.10. The number of benzene rings is 1. The summed E-state index contributed by atoms with van der Waals surface area (Å²) in [6.45, 7) is 12.2. The molecule has 0 heterocycles. The highest BCUT2D eigenvalue weighted by Crippen LogP contribution is 2.39. The van der Waals surface area contributed by atoms with E-state index in [4.69, 9.17) is 9.47 Å². The summed E-state index contributed by atoms with van der Waals surface area (Å²) >= 11 is 0. The Bertz CT molecular complexity index is 707. The molecule has 1 aromatic carbocycles. The van der Waals surface area contributed by atoms with Crippen molar-refractivity contribution in [3.8, 4) is 5.75 Å². The highest BCUT2D eigenvalue weighted by molar-refractivity contribution is 5.77. The van der Waals surface area contributed by atoms with Gasteiger partial charge >= 0.3 is 6.09 Å². The van der Waals surface area contributed by atoms with Gasteiger partial charge in [-0.2, -0.15) is 0 Å². The molecule has 1 atom stereocenters. The van der Waals surface area contributed by atoms with E-state index in [1.54, 1.807) is 0 Å². The second kappa shape index (κ2) is 8.84. The van der Waals surface area contributed by atoms with Gasteiger partial charge in [0, 0.05) is 6.54 Å². The van der Waals surface area contributed by atoms with Gasteiger partial charge in [-0.3, -0.25) is 4.79 Å². The predicted octanol–water partition coefficient (Wildman–Crippen LogP) is 3.88. The number of hydrogen-bond donors (Lipinski definition) is 2. The molecule has 1 unspecified atom stereocenters. The molecule has 0 bridgehead atoms. The fourth-order valence-electron chi connectivity index (χ4n) is 3.10. The van der Waals surface area contributed by atoms with Crippen LogP contribution in [0.1, 0.15) is 58.1 Å². The van der Waals surface area contributed by atoms with E-state index in [0.29, 0.717) is 19.1 Å². The van der Waals surface area contributed by atoms with Crippen molar-refractivity contribution in [3.05, 3.63) is 29.3 Å². The minimum absolute atomic E-state index is 0.0781. The number of ether oxygens (including phenoxy) is 2. The molecule has 6 heteroatoms. The second-order valence-corrected chi connectivity index (χ2v) is 8.89. The van der Waals surface area contributed by atoms with Crippen LogP contribution >= 0.6 is 0 Å². The van der Waals surface area contributed by atoms with E-state index in [1.807, 2.05) is 59.7 Å². The molecule has 0 radical (unpaired) electrons. The molecule has 1 fully saturated rings. The summed E-state index contributed by atoms with van der Waals surface area (Å²) in [6.07, 6.45) is 1.89. The van der Waals surface area contributed by atoms with Gasteiger partial charge < -0.3 is 20.1 Å². The smallest absolute Gasteiger partial charge is 0.407 e. The van der Waals surface area contributed by atoms with Crippen LogP contribution in [0.15, 0.2) is 18.2 Å². The second-order valence-electron chi connectivity index (χ2n) is 8.89. The fraction of sp³-hybridized carbons (Fsp3) is 0.636. The van der Waals surface area contributed by atoms with Crippen molar-refractivity contribution in [1.29, 1.82) is 0 Å². The number of rotatable bonds is 8. The Kier molecular flexibility index (Phi) is 6.96. The number of alkyl carbamates (subject to hydrolysis) is 1. The Hall–Kier alpha value is -2.24. The van der Waals surface area contributed by atoms with Gasteiger partial charge in [-0.15, -0.1) is 0 Å². The molecular formula is C22H34N2O4. The molecule has 2 rings (SSSR count). The number of hydrogen-bond acceptors (Lipinski definition) is 4. The first-order chi connectivity index (χ1) is 13.0. The van der Waals surface area contributed by atoms with Gasteiger partial charge in [-0.25, -0.2) is 4.79 Å². The van der Waals surface area contributed by atoms with Gasteiger partial charge in [0.25, 0.3) is 0 Å². The Balaban J connectivity index is 1.83. The Labute approximate surface area is 168 Å². The van der Waals surface area contributed by atoms with E-state index in [1.165, 1.54) is 0 Å². The zero-order valence-corrected chi connectivity index (χ0v) is 18.0. The zero-order chi connectivity index (χ0) is 20.9. The molecule has 1 aliphatic rings. The van der Waals surface area contributed by atoms with Crippen LogP contribution in [-0.2, 0) is 9.53 Å². The molecule has 1 saturated carbocycles. The van der Waals surface area contributed by atoms with Crippen molar-refractivity contribution in [3.63, 3.8) is 0 Å². The number of carbonyl (C=O) groups is 2. The van der Waals surface area contributed by atoms with Gasteiger partial charge in [-0.1, -0.05) is 12.1 Å². The van der Waals surface area contributed by atoms with Gasteiger partial charge in [0.05, 0.1) is 18.6 Å². The maximum atomic E-state index is 12.5. The third kappa shape index (κ3) is 6.73. The molecule has 28 heavy (non-hydrogen) atoms. The molecular weight excluding hydrogens is 356 g/mol. The van der Waals surface area contributed by atoms with Crippen LogP contribution in [0, 0.1) is 19.8 Å². The van der Waals surface area contributed by atoms with Crippen molar-refractivity contribution in [2.75, 3.05) is 13.2 Å². The van der Waals surface area contributed by atoms with Gasteiger partial charge in [-0.05, 0) is 77.5 Å². The summed E-state index contributed by atoms with van der Waals surface area (Å²) in [5.74, 6) is 1.10. The van der Waals surface area contributed by atoms with Crippen LogP contribution in [0.25, 0.3) is 0 Å². The van der Waals surface area contributed by atoms with Crippen LogP contribution < -0.4 is 15.4 Å². The lowest BCUT2D eigenvalue weighted by atomic mass is 9.95. The highest BCUT2D eigenvalue weighted by atomic mass is 16.6. The normalized spacial score (nSPS) is 16.1. The highest BCUT2D eigenvalue weighted by Gasteiger charge is 2.42.